The number of esters is 1. The van der Waals surface area contributed by atoms with E-state index in [1.54, 1.807) is 24.3 Å². The molecular weight excluding hydrogens is 342 g/mol. The number of aromatic nitrogens is 1. The Hall–Kier alpha value is -1.67. The molecule has 1 heterocycles. The van der Waals surface area contributed by atoms with Gasteiger partial charge in [-0.3, -0.25) is 0 Å². The first kappa shape index (κ1) is 19.7. The highest BCUT2D eigenvalue weighted by Gasteiger charge is 2.21. The molecule has 0 bridgehead atoms. The number of nitrogens with zero attached hydrogens (tertiary/aromatic N) is 2. The van der Waals surface area contributed by atoms with Crippen molar-refractivity contribution >= 4 is 23.3 Å². The van der Waals surface area contributed by atoms with Gasteiger partial charge in [0, 0.05) is 25.1 Å². The van der Waals surface area contributed by atoms with Crippen LogP contribution in [0.15, 0.2) is 5.38 Å². The second-order valence-electron chi connectivity index (χ2n) is 6.05. The monoisotopic (exact) mass is 369 g/mol. The lowest BCUT2D eigenvalue weighted by Crippen LogP contribution is -2.46. The molecule has 1 aliphatic carbocycles. The molecule has 8 heteroatoms. The van der Waals surface area contributed by atoms with Gasteiger partial charge in [-0.2, -0.15) is 0 Å². The molecule has 0 aliphatic heterocycles. The molecule has 7 nitrogen and oxygen atoms in total. The molecule has 1 N–H and O–H groups in total. The Morgan fingerprint density at radius 2 is 2.12 bits per heavy atom. The Labute approximate surface area is 152 Å². The molecule has 0 radical (unpaired) electrons. The smallest absolute Gasteiger partial charge is 0.357 e. The van der Waals surface area contributed by atoms with E-state index in [1.807, 2.05) is 0 Å². The number of carbonyl (C=O) groups is 2. The first-order valence-corrected chi connectivity index (χ1v) is 9.68. The van der Waals surface area contributed by atoms with Crippen LogP contribution in [0.1, 0.15) is 54.5 Å². The molecule has 0 aromatic carbocycles. The third kappa shape index (κ3) is 6.28. The van der Waals surface area contributed by atoms with E-state index in [0.717, 1.165) is 12.8 Å². The predicted octanol–water partition coefficient (Wildman–Crippen LogP) is 2.81. The molecule has 0 spiro atoms. The van der Waals surface area contributed by atoms with Gasteiger partial charge in [-0.1, -0.05) is 19.3 Å². The minimum Gasteiger partial charge on any atom is -0.461 e. The molecule has 1 aromatic rings. The lowest BCUT2D eigenvalue weighted by molar-refractivity contribution is 0.0520. The number of hydrogen-bond acceptors (Lipinski definition) is 6. The number of carbonyl (C=O) groups excluding carboxylic acids is 2. The molecule has 140 valence electrons. The maximum absolute atomic E-state index is 12.6. The Morgan fingerprint density at radius 3 is 2.80 bits per heavy atom. The number of rotatable bonds is 8. The number of thiazole rings is 1. The van der Waals surface area contributed by atoms with E-state index >= 15 is 0 Å². The lowest BCUT2D eigenvalue weighted by atomic mass is 9.96. The fraction of sp³-hybridized carbons (Fsp3) is 0.706. The molecule has 0 unspecified atom stereocenters. The van der Waals surface area contributed by atoms with Gasteiger partial charge in [0.2, 0.25) is 0 Å². The van der Waals surface area contributed by atoms with E-state index in [9.17, 15) is 9.59 Å². The van der Waals surface area contributed by atoms with Gasteiger partial charge in [0.05, 0.1) is 19.8 Å². The summed E-state index contributed by atoms with van der Waals surface area (Å²) in [5, 5.41) is 5.49. The SMILES string of the molecule is CCOC(=O)c1csc(CN(CCOC)C(=O)NC2CCCCC2)n1. The number of urea groups is 1. The Bertz CT molecular complexity index is 558. The summed E-state index contributed by atoms with van der Waals surface area (Å²) in [6, 6.07) is 0.148. The van der Waals surface area contributed by atoms with Crippen LogP contribution in [-0.4, -0.2) is 54.8 Å². The van der Waals surface area contributed by atoms with Crippen molar-refractivity contribution in [1.82, 2.24) is 15.2 Å². The third-order valence-corrected chi connectivity index (χ3v) is 4.98. The summed E-state index contributed by atoms with van der Waals surface area (Å²) < 4.78 is 10.1. The van der Waals surface area contributed by atoms with Gasteiger partial charge >= 0.3 is 12.0 Å². The van der Waals surface area contributed by atoms with E-state index in [4.69, 9.17) is 9.47 Å². The summed E-state index contributed by atoms with van der Waals surface area (Å²) in [5.74, 6) is -0.430. The third-order valence-electron chi connectivity index (χ3n) is 4.15. The van der Waals surface area contributed by atoms with Crippen molar-refractivity contribution in [1.29, 1.82) is 0 Å². The topological polar surface area (TPSA) is 80.8 Å². The maximum atomic E-state index is 12.6. The van der Waals surface area contributed by atoms with Crippen molar-refractivity contribution in [3.05, 3.63) is 16.1 Å². The van der Waals surface area contributed by atoms with Crippen LogP contribution in [0, 0.1) is 0 Å². The number of methoxy groups -OCH3 is 1. The van der Waals surface area contributed by atoms with Crippen LogP contribution < -0.4 is 5.32 Å². The second-order valence-corrected chi connectivity index (χ2v) is 6.99. The summed E-state index contributed by atoms with van der Waals surface area (Å²) in [6.07, 6.45) is 5.65. The van der Waals surface area contributed by atoms with Crippen molar-refractivity contribution < 1.29 is 19.1 Å². The summed E-state index contributed by atoms with van der Waals surface area (Å²) >= 11 is 1.35. The van der Waals surface area contributed by atoms with Gasteiger partial charge in [-0.05, 0) is 19.8 Å². The summed E-state index contributed by atoms with van der Waals surface area (Å²) in [7, 11) is 1.61. The molecule has 25 heavy (non-hydrogen) atoms. The highest BCUT2D eigenvalue weighted by atomic mass is 32.1. The number of ether oxygens (including phenoxy) is 2. The zero-order valence-electron chi connectivity index (χ0n) is 15.0. The van der Waals surface area contributed by atoms with Crippen LogP contribution in [0.3, 0.4) is 0 Å². The quantitative estimate of drug-likeness (QED) is 0.713. The Balaban J connectivity index is 1.96. The largest absolute Gasteiger partial charge is 0.461 e. The molecule has 1 aromatic heterocycles. The molecule has 2 rings (SSSR count). The zero-order chi connectivity index (χ0) is 18.1. The maximum Gasteiger partial charge on any atom is 0.357 e. The zero-order valence-corrected chi connectivity index (χ0v) is 15.8. The van der Waals surface area contributed by atoms with E-state index in [0.29, 0.717) is 37.0 Å². The van der Waals surface area contributed by atoms with Gasteiger partial charge in [0.1, 0.15) is 5.01 Å². The highest BCUT2D eigenvalue weighted by molar-refractivity contribution is 7.09. The molecule has 2 amide bonds. The van der Waals surface area contributed by atoms with E-state index < -0.39 is 5.97 Å². The van der Waals surface area contributed by atoms with Crippen LogP contribution >= 0.6 is 11.3 Å². The Kier molecular flexibility index (Phi) is 8.14. The molecule has 1 saturated carbocycles. The molecular formula is C17H27N3O4S. The van der Waals surface area contributed by atoms with Gasteiger partial charge < -0.3 is 19.7 Å². The average Bonchev–Trinajstić information content (AvgIpc) is 3.08. The van der Waals surface area contributed by atoms with Crippen LogP contribution in [0.25, 0.3) is 0 Å². The fourth-order valence-electron chi connectivity index (χ4n) is 2.81. The number of amides is 2. The first-order valence-electron chi connectivity index (χ1n) is 8.80. The lowest BCUT2D eigenvalue weighted by Gasteiger charge is -2.27. The first-order chi connectivity index (χ1) is 12.1. The normalized spacial score (nSPS) is 15.0. The van der Waals surface area contributed by atoms with E-state index in [-0.39, 0.29) is 12.1 Å². The van der Waals surface area contributed by atoms with Crippen molar-refractivity contribution in [3.8, 4) is 0 Å². The van der Waals surface area contributed by atoms with Gasteiger partial charge in [-0.15, -0.1) is 11.3 Å². The average molecular weight is 369 g/mol. The van der Waals surface area contributed by atoms with Gasteiger partial charge in [-0.25, -0.2) is 14.6 Å². The van der Waals surface area contributed by atoms with Crippen LogP contribution in [0.2, 0.25) is 0 Å². The van der Waals surface area contributed by atoms with Crippen LogP contribution in [-0.2, 0) is 16.0 Å². The minimum atomic E-state index is -0.430. The van der Waals surface area contributed by atoms with E-state index in [2.05, 4.69) is 10.3 Å². The van der Waals surface area contributed by atoms with Gasteiger partial charge in [0.25, 0.3) is 0 Å². The predicted molar refractivity (Wildman–Crippen MR) is 95.8 cm³/mol. The summed E-state index contributed by atoms with van der Waals surface area (Å²) in [4.78, 5) is 30.3. The van der Waals surface area contributed by atoms with E-state index in [1.165, 1.54) is 30.6 Å². The molecule has 1 fully saturated rings. The summed E-state index contributed by atoms with van der Waals surface area (Å²) in [6.45, 7) is 3.35. The molecule has 0 atom stereocenters. The van der Waals surface area contributed by atoms with Crippen LogP contribution in [0.5, 0.6) is 0 Å². The molecule has 1 aliphatic rings. The van der Waals surface area contributed by atoms with Gasteiger partial charge in [0.15, 0.2) is 5.69 Å². The Morgan fingerprint density at radius 1 is 1.36 bits per heavy atom. The number of hydrogen-bond donors (Lipinski definition) is 1. The van der Waals surface area contributed by atoms with Crippen molar-refractivity contribution in [2.75, 3.05) is 26.9 Å². The van der Waals surface area contributed by atoms with Crippen molar-refractivity contribution in [2.24, 2.45) is 0 Å². The van der Waals surface area contributed by atoms with Crippen molar-refractivity contribution in [3.63, 3.8) is 0 Å². The summed E-state index contributed by atoms with van der Waals surface area (Å²) in [5.41, 5.74) is 0.293. The van der Waals surface area contributed by atoms with Crippen molar-refractivity contribution in [2.45, 2.75) is 51.6 Å². The standard InChI is InChI=1S/C17H27N3O4S/c1-3-24-16(21)14-12-25-15(19-14)11-20(9-10-23-2)17(22)18-13-7-5-4-6-8-13/h12-13H,3-11H2,1-2H3,(H,18,22). The number of nitrogens with one attached hydrogen (secondary N) is 1. The highest BCUT2D eigenvalue weighted by Crippen LogP contribution is 2.18. The second kappa shape index (κ2) is 10.4. The minimum absolute atomic E-state index is 0.100. The fourth-order valence-corrected chi connectivity index (χ4v) is 3.59. The molecule has 0 saturated heterocycles. The van der Waals surface area contributed by atoms with Crippen LogP contribution in [0.4, 0.5) is 4.79 Å².